The summed E-state index contributed by atoms with van der Waals surface area (Å²) in [6.07, 6.45) is 17.3. The van der Waals surface area contributed by atoms with Crippen LogP contribution in [0.3, 0.4) is 0 Å². The van der Waals surface area contributed by atoms with Gasteiger partial charge in [-0.15, -0.1) is 0 Å². The number of unbranched alkanes of at least 4 members (excludes halogenated alkanes) is 6. The largest absolute Gasteiger partial charge is 0.359 e. The van der Waals surface area contributed by atoms with Gasteiger partial charge in [-0.05, 0) is 45.8 Å². The zero-order chi connectivity index (χ0) is 16.9. The number of hydrogen-bond acceptors (Lipinski definition) is 3. The summed E-state index contributed by atoms with van der Waals surface area (Å²) in [5.74, 6) is 0. The quantitative estimate of drug-likeness (QED) is 0.421. The van der Waals surface area contributed by atoms with Crippen molar-refractivity contribution < 1.29 is 0 Å². The van der Waals surface area contributed by atoms with Gasteiger partial charge in [-0.2, -0.15) is 0 Å². The Morgan fingerprint density at radius 3 is 1.96 bits per heavy atom. The van der Waals surface area contributed by atoms with Crippen molar-refractivity contribution in [2.75, 3.05) is 33.2 Å². The molecule has 3 nitrogen and oxygen atoms in total. The lowest BCUT2D eigenvalue weighted by molar-refractivity contribution is 0.180. The molecule has 1 heterocycles. The van der Waals surface area contributed by atoms with Crippen molar-refractivity contribution in [2.45, 2.75) is 84.7 Å². The van der Waals surface area contributed by atoms with E-state index < -0.39 is 0 Å². The van der Waals surface area contributed by atoms with Crippen molar-refractivity contribution >= 4 is 0 Å². The molecule has 1 aliphatic rings. The number of nitrogens with zero attached hydrogens (tertiary/aromatic N) is 3. The molecule has 0 radical (unpaired) electrons. The summed E-state index contributed by atoms with van der Waals surface area (Å²) in [4.78, 5) is 7.47. The van der Waals surface area contributed by atoms with Crippen molar-refractivity contribution in [3.63, 3.8) is 0 Å². The first-order chi connectivity index (χ1) is 11.2. The molecule has 0 bridgehead atoms. The van der Waals surface area contributed by atoms with Crippen LogP contribution >= 0.6 is 0 Å². The van der Waals surface area contributed by atoms with Gasteiger partial charge in [-0.25, -0.2) is 0 Å². The molecule has 0 saturated heterocycles. The molecule has 0 amide bonds. The average Bonchev–Trinajstić information content (AvgIpc) is 2.86. The van der Waals surface area contributed by atoms with E-state index in [2.05, 4.69) is 54.9 Å². The minimum Gasteiger partial charge on any atom is -0.359 e. The summed E-state index contributed by atoms with van der Waals surface area (Å²) in [5.41, 5.74) is 0. The van der Waals surface area contributed by atoms with Crippen molar-refractivity contribution in [3.8, 4) is 0 Å². The van der Waals surface area contributed by atoms with Crippen molar-refractivity contribution in [1.82, 2.24) is 14.7 Å². The molecule has 1 atom stereocenters. The number of hydrogen-bond donors (Lipinski definition) is 0. The predicted molar refractivity (Wildman–Crippen MR) is 102 cm³/mol. The lowest BCUT2D eigenvalue weighted by Crippen LogP contribution is -2.36. The molecule has 0 aromatic rings. The first-order valence-corrected chi connectivity index (χ1v) is 10.1. The van der Waals surface area contributed by atoms with Crippen LogP contribution in [0.25, 0.3) is 0 Å². The monoisotopic (exact) mass is 323 g/mol. The minimum atomic E-state index is 0.526. The molecule has 0 N–H and O–H groups in total. The lowest BCUT2D eigenvalue weighted by atomic mass is 10.1. The Morgan fingerprint density at radius 1 is 0.783 bits per heavy atom. The van der Waals surface area contributed by atoms with Crippen LogP contribution in [-0.4, -0.2) is 54.1 Å². The molecule has 23 heavy (non-hydrogen) atoms. The van der Waals surface area contributed by atoms with Crippen LogP contribution in [0, 0.1) is 0 Å². The predicted octanol–water partition coefficient (Wildman–Crippen LogP) is 4.90. The first-order valence-electron chi connectivity index (χ1n) is 10.1. The normalized spacial score (nSPS) is 17.7. The molecule has 1 rings (SSSR count). The maximum Gasteiger partial charge on any atom is 0.0974 e. The third-order valence-corrected chi connectivity index (χ3v) is 5.11. The van der Waals surface area contributed by atoms with Crippen LogP contribution in [0.1, 0.15) is 78.6 Å². The van der Waals surface area contributed by atoms with Gasteiger partial charge in [0.15, 0.2) is 0 Å². The second kappa shape index (κ2) is 12.7. The molecular formula is C20H41N3. The first kappa shape index (κ1) is 20.3. The van der Waals surface area contributed by atoms with Gasteiger partial charge >= 0.3 is 0 Å². The molecule has 0 aromatic carbocycles. The van der Waals surface area contributed by atoms with E-state index in [1.54, 1.807) is 0 Å². The minimum absolute atomic E-state index is 0.526. The van der Waals surface area contributed by atoms with Gasteiger partial charge in [-0.3, -0.25) is 0 Å². The average molecular weight is 324 g/mol. The topological polar surface area (TPSA) is 9.72 Å². The fourth-order valence-corrected chi connectivity index (χ4v) is 3.27. The molecule has 0 fully saturated rings. The Morgan fingerprint density at radius 2 is 1.35 bits per heavy atom. The fourth-order valence-electron chi connectivity index (χ4n) is 3.27. The zero-order valence-corrected chi connectivity index (χ0v) is 16.3. The second-order valence-corrected chi connectivity index (χ2v) is 7.15. The van der Waals surface area contributed by atoms with Gasteiger partial charge in [0.1, 0.15) is 0 Å². The van der Waals surface area contributed by atoms with E-state index >= 15 is 0 Å². The van der Waals surface area contributed by atoms with E-state index in [1.807, 2.05) is 0 Å². The molecule has 0 saturated carbocycles. The van der Waals surface area contributed by atoms with E-state index in [0.717, 1.165) is 0 Å². The SMILES string of the molecule is CCCCCCCN(CCCCC)CCCN1C=CN(C)C1C. The summed E-state index contributed by atoms with van der Waals surface area (Å²) in [5, 5.41) is 0. The summed E-state index contributed by atoms with van der Waals surface area (Å²) in [6.45, 7) is 11.9. The Hall–Kier alpha value is -0.700. The zero-order valence-electron chi connectivity index (χ0n) is 16.3. The summed E-state index contributed by atoms with van der Waals surface area (Å²) < 4.78 is 0. The van der Waals surface area contributed by atoms with E-state index in [-0.39, 0.29) is 0 Å². The van der Waals surface area contributed by atoms with Crippen LogP contribution in [-0.2, 0) is 0 Å². The molecule has 0 aromatic heterocycles. The Kier molecular flexibility index (Phi) is 11.2. The van der Waals surface area contributed by atoms with Crippen molar-refractivity contribution in [1.29, 1.82) is 0 Å². The molecule has 3 heteroatoms. The number of rotatable bonds is 14. The third kappa shape index (κ3) is 8.64. The van der Waals surface area contributed by atoms with Crippen molar-refractivity contribution in [3.05, 3.63) is 12.4 Å². The Balaban J connectivity index is 2.21. The summed E-state index contributed by atoms with van der Waals surface area (Å²) in [7, 11) is 2.16. The third-order valence-electron chi connectivity index (χ3n) is 5.11. The van der Waals surface area contributed by atoms with Crippen LogP contribution in [0.15, 0.2) is 12.4 Å². The van der Waals surface area contributed by atoms with Gasteiger partial charge < -0.3 is 14.7 Å². The summed E-state index contributed by atoms with van der Waals surface area (Å²) >= 11 is 0. The van der Waals surface area contributed by atoms with Gasteiger partial charge in [0.25, 0.3) is 0 Å². The molecule has 1 unspecified atom stereocenters. The van der Waals surface area contributed by atoms with Crippen molar-refractivity contribution in [2.24, 2.45) is 0 Å². The van der Waals surface area contributed by atoms with Crippen LogP contribution in [0.2, 0.25) is 0 Å². The highest BCUT2D eigenvalue weighted by molar-refractivity contribution is 4.93. The second-order valence-electron chi connectivity index (χ2n) is 7.15. The van der Waals surface area contributed by atoms with E-state index in [1.165, 1.54) is 84.0 Å². The van der Waals surface area contributed by atoms with Gasteiger partial charge in [0.2, 0.25) is 0 Å². The maximum atomic E-state index is 2.72. The van der Waals surface area contributed by atoms with Gasteiger partial charge in [-0.1, -0.05) is 52.4 Å². The fraction of sp³-hybridized carbons (Fsp3) is 0.900. The standard InChI is InChI=1S/C20H41N3/c1-5-7-9-10-12-15-22(14-11-8-6-2)16-13-17-23-19-18-21(4)20(23)3/h18-20H,5-17H2,1-4H3. The smallest absolute Gasteiger partial charge is 0.0974 e. The van der Waals surface area contributed by atoms with Gasteiger partial charge in [0.05, 0.1) is 6.17 Å². The molecular weight excluding hydrogens is 282 g/mol. The highest BCUT2D eigenvalue weighted by Crippen LogP contribution is 2.13. The molecule has 1 aliphatic heterocycles. The van der Waals surface area contributed by atoms with Crippen LogP contribution in [0.5, 0.6) is 0 Å². The summed E-state index contributed by atoms with van der Waals surface area (Å²) in [6, 6.07) is 0. The van der Waals surface area contributed by atoms with Crippen LogP contribution in [0.4, 0.5) is 0 Å². The maximum absolute atomic E-state index is 2.72. The lowest BCUT2D eigenvalue weighted by Gasteiger charge is -2.28. The molecule has 0 aliphatic carbocycles. The van der Waals surface area contributed by atoms with Gasteiger partial charge in [0, 0.05) is 26.0 Å². The van der Waals surface area contributed by atoms with E-state index in [9.17, 15) is 0 Å². The highest BCUT2D eigenvalue weighted by Gasteiger charge is 2.17. The Labute approximate surface area is 145 Å². The van der Waals surface area contributed by atoms with E-state index in [0.29, 0.717) is 6.17 Å². The Bertz CT molecular complexity index is 303. The molecule has 0 spiro atoms. The van der Waals surface area contributed by atoms with E-state index in [4.69, 9.17) is 0 Å². The van der Waals surface area contributed by atoms with Crippen LogP contribution < -0.4 is 0 Å². The highest BCUT2D eigenvalue weighted by atomic mass is 15.4. The molecule has 136 valence electrons.